The maximum Gasteiger partial charge on any atom is 0.411 e. The van der Waals surface area contributed by atoms with Crippen LogP contribution in [0.1, 0.15) is 17.3 Å². The van der Waals surface area contributed by atoms with Gasteiger partial charge >= 0.3 is 6.18 Å². The molecule has 1 N–H and O–H groups in total. The van der Waals surface area contributed by atoms with Gasteiger partial charge in [-0.05, 0) is 25.1 Å². The zero-order valence-electron chi connectivity index (χ0n) is 12.4. The van der Waals surface area contributed by atoms with Gasteiger partial charge in [-0.25, -0.2) is 0 Å². The molecule has 0 aliphatic heterocycles. The van der Waals surface area contributed by atoms with E-state index in [4.69, 9.17) is 0 Å². The van der Waals surface area contributed by atoms with Crippen LogP contribution in [-0.2, 0) is 9.53 Å². The second-order valence-corrected chi connectivity index (χ2v) is 4.84. The lowest BCUT2D eigenvalue weighted by atomic mass is 10.1. The van der Waals surface area contributed by atoms with E-state index in [1.807, 2.05) is 0 Å². The van der Waals surface area contributed by atoms with Gasteiger partial charge in [0.15, 0.2) is 0 Å². The highest BCUT2D eigenvalue weighted by Crippen LogP contribution is 2.16. The van der Waals surface area contributed by atoms with Gasteiger partial charge in [-0.15, -0.1) is 0 Å². The summed E-state index contributed by atoms with van der Waals surface area (Å²) < 4.78 is 40.5. The number of hydrogen-bond acceptors (Lipinski definition) is 3. The maximum atomic E-state index is 12.0. The van der Waals surface area contributed by atoms with E-state index in [1.54, 1.807) is 26.2 Å². The van der Waals surface area contributed by atoms with Crippen LogP contribution in [0.15, 0.2) is 24.3 Å². The maximum absolute atomic E-state index is 12.0. The molecule has 5 nitrogen and oxygen atoms in total. The molecule has 0 aromatic heterocycles. The van der Waals surface area contributed by atoms with Crippen LogP contribution < -0.4 is 5.32 Å². The topological polar surface area (TPSA) is 58.6 Å². The lowest BCUT2D eigenvalue weighted by molar-refractivity contribution is -0.184. The van der Waals surface area contributed by atoms with Gasteiger partial charge < -0.3 is 15.0 Å². The van der Waals surface area contributed by atoms with Gasteiger partial charge in [0.05, 0.1) is 0 Å². The van der Waals surface area contributed by atoms with Gasteiger partial charge in [-0.1, -0.05) is 6.07 Å². The number of benzene rings is 1. The van der Waals surface area contributed by atoms with Crippen molar-refractivity contribution in [2.45, 2.75) is 19.2 Å². The van der Waals surface area contributed by atoms with E-state index >= 15 is 0 Å². The van der Waals surface area contributed by atoms with Crippen molar-refractivity contribution in [1.82, 2.24) is 4.90 Å². The molecule has 0 bridgehead atoms. The third kappa shape index (κ3) is 5.72. The van der Waals surface area contributed by atoms with Crippen molar-refractivity contribution >= 4 is 17.5 Å². The molecule has 122 valence electrons. The summed E-state index contributed by atoms with van der Waals surface area (Å²) in [7, 11) is 3.17. The zero-order chi connectivity index (χ0) is 16.9. The molecule has 0 fully saturated rings. The molecule has 0 saturated carbocycles. The molecular formula is C14H17F3N2O3. The molecule has 1 unspecified atom stereocenters. The number of halogens is 3. The molecule has 0 spiro atoms. The summed E-state index contributed by atoms with van der Waals surface area (Å²) in [6.07, 6.45) is -5.76. The van der Waals surface area contributed by atoms with Gasteiger partial charge in [0.25, 0.3) is 11.8 Å². The third-order valence-electron chi connectivity index (χ3n) is 2.65. The number of nitrogens with one attached hydrogen (secondary N) is 1. The molecule has 1 aromatic carbocycles. The lowest BCUT2D eigenvalue weighted by Crippen LogP contribution is -2.31. The zero-order valence-corrected chi connectivity index (χ0v) is 12.4. The van der Waals surface area contributed by atoms with E-state index in [1.165, 1.54) is 24.0 Å². The summed E-state index contributed by atoms with van der Waals surface area (Å²) in [5.41, 5.74) is 0.659. The van der Waals surface area contributed by atoms with E-state index in [0.717, 1.165) is 0 Å². The molecule has 8 heteroatoms. The van der Waals surface area contributed by atoms with Crippen molar-refractivity contribution in [3.63, 3.8) is 0 Å². The number of carbonyl (C=O) groups is 2. The summed E-state index contributed by atoms with van der Waals surface area (Å²) in [5.74, 6) is -0.976. The molecule has 1 aromatic rings. The molecule has 0 saturated heterocycles. The van der Waals surface area contributed by atoms with Crippen molar-refractivity contribution in [1.29, 1.82) is 0 Å². The highest BCUT2D eigenvalue weighted by Gasteiger charge is 2.29. The van der Waals surface area contributed by atoms with Crippen molar-refractivity contribution in [2.75, 3.05) is 26.0 Å². The van der Waals surface area contributed by atoms with Crippen molar-refractivity contribution in [3.8, 4) is 0 Å². The van der Waals surface area contributed by atoms with Crippen LogP contribution in [0.4, 0.5) is 18.9 Å². The average Bonchev–Trinajstić information content (AvgIpc) is 2.43. The van der Waals surface area contributed by atoms with Crippen LogP contribution >= 0.6 is 0 Å². The quantitative estimate of drug-likeness (QED) is 0.906. The minimum Gasteiger partial charge on any atom is -0.359 e. The number of rotatable bonds is 5. The number of amides is 2. The Balaban J connectivity index is 2.68. The summed E-state index contributed by atoms with van der Waals surface area (Å²) in [6, 6.07) is 6.10. The van der Waals surface area contributed by atoms with E-state index in [9.17, 15) is 22.8 Å². The van der Waals surface area contributed by atoms with Crippen LogP contribution in [0.2, 0.25) is 0 Å². The fourth-order valence-electron chi connectivity index (χ4n) is 1.53. The molecule has 0 aliphatic carbocycles. The molecule has 0 heterocycles. The average molecular weight is 318 g/mol. The number of ether oxygens (including phenoxy) is 1. The number of alkyl halides is 3. The number of carbonyl (C=O) groups excluding carboxylic acids is 2. The summed E-state index contributed by atoms with van der Waals surface area (Å²) in [6.45, 7) is -0.281. The Kier molecular flexibility index (Phi) is 5.92. The first-order valence-corrected chi connectivity index (χ1v) is 6.41. The molecule has 2 amide bonds. The Labute approximate surface area is 126 Å². The minimum atomic E-state index is -4.49. The standard InChI is InChI=1S/C14H17F3N2O3/c1-9(22-8-14(15,16)17)12(20)18-11-6-4-5-10(7-11)13(21)19(2)3/h4-7,9H,8H2,1-3H3,(H,18,20). The van der Waals surface area contributed by atoms with Crippen LogP contribution in [-0.4, -0.2) is 49.7 Å². The third-order valence-corrected chi connectivity index (χ3v) is 2.65. The predicted molar refractivity (Wildman–Crippen MR) is 74.6 cm³/mol. The van der Waals surface area contributed by atoms with Crippen molar-refractivity contribution in [3.05, 3.63) is 29.8 Å². The second-order valence-electron chi connectivity index (χ2n) is 4.84. The number of nitrogens with zero attached hydrogens (tertiary/aromatic N) is 1. The number of hydrogen-bond donors (Lipinski definition) is 1. The Bertz CT molecular complexity index is 544. The monoisotopic (exact) mass is 318 g/mol. The minimum absolute atomic E-state index is 0.252. The van der Waals surface area contributed by atoms with E-state index in [2.05, 4.69) is 10.1 Å². The second kappa shape index (κ2) is 7.26. The Hall–Kier alpha value is -2.09. The Morgan fingerprint density at radius 2 is 1.95 bits per heavy atom. The molecule has 1 atom stereocenters. The van der Waals surface area contributed by atoms with Crippen LogP contribution in [0.25, 0.3) is 0 Å². The molecular weight excluding hydrogens is 301 g/mol. The first kappa shape index (κ1) is 18.0. The molecule has 22 heavy (non-hydrogen) atoms. The van der Waals surface area contributed by atoms with Gasteiger partial charge in [-0.3, -0.25) is 9.59 Å². The molecule has 0 aliphatic rings. The van der Waals surface area contributed by atoms with E-state index in [0.29, 0.717) is 11.3 Å². The van der Waals surface area contributed by atoms with E-state index < -0.39 is 24.8 Å². The SMILES string of the molecule is CC(OCC(F)(F)F)C(=O)Nc1cccc(C(=O)N(C)C)c1. The van der Waals surface area contributed by atoms with Crippen LogP contribution in [0.3, 0.4) is 0 Å². The Morgan fingerprint density at radius 1 is 1.32 bits per heavy atom. The highest BCUT2D eigenvalue weighted by atomic mass is 19.4. The van der Waals surface area contributed by atoms with Gasteiger partial charge in [0.2, 0.25) is 0 Å². The first-order chi connectivity index (χ1) is 10.1. The summed E-state index contributed by atoms with van der Waals surface area (Å²) >= 11 is 0. The fourth-order valence-corrected chi connectivity index (χ4v) is 1.53. The van der Waals surface area contributed by atoms with Gasteiger partial charge in [0.1, 0.15) is 12.7 Å². The number of anilines is 1. The molecule has 0 radical (unpaired) electrons. The Morgan fingerprint density at radius 3 is 2.50 bits per heavy atom. The largest absolute Gasteiger partial charge is 0.411 e. The van der Waals surface area contributed by atoms with Crippen molar-refractivity contribution < 1.29 is 27.5 Å². The van der Waals surface area contributed by atoms with Crippen LogP contribution in [0.5, 0.6) is 0 Å². The van der Waals surface area contributed by atoms with Gasteiger partial charge in [0, 0.05) is 25.3 Å². The highest BCUT2D eigenvalue weighted by molar-refractivity contribution is 5.98. The predicted octanol–water partition coefficient (Wildman–Crippen LogP) is 2.29. The summed E-state index contributed by atoms with van der Waals surface area (Å²) in [4.78, 5) is 24.9. The van der Waals surface area contributed by atoms with Crippen molar-refractivity contribution in [2.24, 2.45) is 0 Å². The first-order valence-electron chi connectivity index (χ1n) is 6.41. The summed E-state index contributed by atoms with van der Waals surface area (Å²) in [5, 5.41) is 2.41. The van der Waals surface area contributed by atoms with E-state index in [-0.39, 0.29) is 5.91 Å². The molecule has 1 rings (SSSR count). The van der Waals surface area contributed by atoms with Crippen LogP contribution in [0, 0.1) is 0 Å². The fraction of sp³-hybridized carbons (Fsp3) is 0.429. The smallest absolute Gasteiger partial charge is 0.359 e. The normalized spacial score (nSPS) is 12.6. The lowest BCUT2D eigenvalue weighted by Gasteiger charge is -2.15. The van der Waals surface area contributed by atoms with Gasteiger partial charge in [-0.2, -0.15) is 13.2 Å².